The van der Waals surface area contributed by atoms with Crippen LogP contribution in [0.4, 0.5) is 0 Å². The second-order valence-corrected chi connectivity index (χ2v) is 17.8. The molecule has 0 nitrogen and oxygen atoms in total. The van der Waals surface area contributed by atoms with E-state index in [1.54, 1.807) is 20.0 Å². The van der Waals surface area contributed by atoms with Gasteiger partial charge in [-0.25, -0.2) is 0 Å². The topological polar surface area (TPSA) is 0 Å². The zero-order valence-electron chi connectivity index (χ0n) is 15.7. The van der Waals surface area contributed by atoms with Crippen LogP contribution in [0.5, 0.6) is 0 Å². The molecule has 0 saturated carbocycles. The second-order valence-electron chi connectivity index (χ2n) is 7.27. The molecule has 0 radical (unpaired) electrons. The summed E-state index contributed by atoms with van der Waals surface area (Å²) in [6, 6.07) is 18.2. The number of hydrogen-bond donors (Lipinski definition) is 0. The Bertz CT molecular complexity index is 872. The summed E-state index contributed by atoms with van der Waals surface area (Å²) >= 11 is -2.20. The van der Waals surface area contributed by atoms with Crippen LogP contribution in [0, 0.1) is 5.92 Å². The molecule has 0 bridgehead atoms. The third-order valence-corrected chi connectivity index (χ3v) is 18.8. The van der Waals surface area contributed by atoms with Crippen LogP contribution in [-0.2, 0) is 21.0 Å². The van der Waals surface area contributed by atoms with Gasteiger partial charge in [0.2, 0.25) is 0 Å². The zero-order chi connectivity index (χ0) is 16.8. The smallest absolute Gasteiger partial charge is 1.00 e. The standard InChI is InChI=1S/C13H9.C7H9.C3H6.2ClH.Hf/c1-3-7-12-10(5-1)9-11-6-2-4-8-13(11)12;1-6-3-4-7(2)5-6;1-3-2;;;/h1-9H;3-4,6H,1-2H3;1-2H3;2*1H;/q;;;;;+2/p-2. The first-order valence-electron chi connectivity index (χ1n) is 8.84. The van der Waals surface area contributed by atoms with Crippen molar-refractivity contribution in [2.45, 2.75) is 31.4 Å². The van der Waals surface area contributed by atoms with Gasteiger partial charge in [0, 0.05) is 0 Å². The van der Waals surface area contributed by atoms with Crippen molar-refractivity contribution in [2.75, 3.05) is 0 Å². The Hall–Kier alpha value is -0.760. The van der Waals surface area contributed by atoms with E-state index in [9.17, 15) is 0 Å². The Morgan fingerprint density at radius 2 is 1.35 bits per heavy atom. The van der Waals surface area contributed by atoms with Gasteiger partial charge in [-0.05, 0) is 0 Å². The number of halogens is 2. The quantitative estimate of drug-likeness (QED) is 0.466. The fourth-order valence-corrected chi connectivity index (χ4v) is 17.6. The maximum atomic E-state index is 2.41. The van der Waals surface area contributed by atoms with Gasteiger partial charge in [-0.2, -0.15) is 0 Å². The average Bonchev–Trinajstić information content (AvgIpc) is 3.08. The maximum absolute atomic E-state index is 2.41. The van der Waals surface area contributed by atoms with E-state index in [2.05, 4.69) is 88.4 Å². The molecule has 0 fully saturated rings. The molecular formula is C23H24Cl2Hf. The number of fused-ring (bicyclic) bond motifs is 3. The fourth-order valence-electron chi connectivity index (χ4n) is 4.47. The van der Waals surface area contributed by atoms with Crippen molar-refractivity contribution in [3.05, 3.63) is 80.7 Å². The van der Waals surface area contributed by atoms with Crippen molar-refractivity contribution >= 4 is 3.26 Å². The van der Waals surface area contributed by atoms with E-state index in [4.69, 9.17) is 0 Å². The minimum atomic E-state index is -2.20. The summed E-state index contributed by atoms with van der Waals surface area (Å²) in [5, 5.41) is 0. The van der Waals surface area contributed by atoms with E-state index >= 15 is 0 Å². The van der Waals surface area contributed by atoms with Crippen molar-refractivity contribution in [3.63, 3.8) is 0 Å². The van der Waals surface area contributed by atoms with Crippen LogP contribution >= 0.6 is 0 Å². The van der Waals surface area contributed by atoms with Gasteiger partial charge in [0.15, 0.2) is 0 Å². The van der Waals surface area contributed by atoms with Gasteiger partial charge in [0.05, 0.1) is 0 Å². The van der Waals surface area contributed by atoms with Gasteiger partial charge in [-0.1, -0.05) is 0 Å². The molecule has 0 saturated heterocycles. The molecule has 1 unspecified atom stereocenters. The molecule has 2 aromatic carbocycles. The summed E-state index contributed by atoms with van der Waals surface area (Å²) in [5.41, 5.74) is 7.66. The minimum Gasteiger partial charge on any atom is -1.00 e. The molecule has 0 aromatic heterocycles. The molecule has 2 aliphatic carbocycles. The minimum absolute atomic E-state index is 0. The van der Waals surface area contributed by atoms with Gasteiger partial charge in [0.1, 0.15) is 0 Å². The average molecular weight is 550 g/mol. The maximum Gasteiger partial charge on any atom is -1.00 e. The summed E-state index contributed by atoms with van der Waals surface area (Å²) in [7, 11) is 0. The number of benzene rings is 2. The number of hydrogen-bond acceptors (Lipinski definition) is 0. The molecule has 0 aliphatic heterocycles. The summed E-state index contributed by atoms with van der Waals surface area (Å²) < 4.78 is 4.19. The number of rotatable bonds is 2. The molecule has 2 aliphatic rings. The van der Waals surface area contributed by atoms with Crippen LogP contribution in [-0.4, -0.2) is 3.26 Å². The molecule has 0 amide bonds. The predicted molar refractivity (Wildman–Crippen MR) is 101 cm³/mol. The molecule has 3 heteroatoms. The van der Waals surface area contributed by atoms with Gasteiger partial charge >= 0.3 is 153 Å². The molecule has 0 N–H and O–H groups in total. The van der Waals surface area contributed by atoms with Gasteiger partial charge < -0.3 is 24.8 Å². The van der Waals surface area contributed by atoms with Gasteiger partial charge in [-0.3, -0.25) is 0 Å². The van der Waals surface area contributed by atoms with Gasteiger partial charge in [0.25, 0.3) is 0 Å². The fraction of sp³-hybridized carbons (Fsp3) is 0.261. The van der Waals surface area contributed by atoms with Crippen molar-refractivity contribution < 1.29 is 45.8 Å². The zero-order valence-corrected chi connectivity index (χ0v) is 20.8. The van der Waals surface area contributed by atoms with E-state index in [0.717, 1.165) is 0 Å². The molecule has 4 rings (SSSR count). The summed E-state index contributed by atoms with van der Waals surface area (Å²) in [6.45, 7) is 9.52. The van der Waals surface area contributed by atoms with Crippen LogP contribution in [0.25, 0.3) is 11.1 Å². The second kappa shape index (κ2) is 8.50. The molecule has 134 valence electrons. The van der Waals surface area contributed by atoms with E-state index < -0.39 is 21.0 Å². The molecule has 0 heterocycles. The molecule has 0 spiro atoms. The largest absolute Gasteiger partial charge is 1.00 e. The van der Waals surface area contributed by atoms with Crippen molar-refractivity contribution in [2.24, 2.45) is 5.92 Å². The van der Waals surface area contributed by atoms with E-state index in [1.807, 2.05) is 3.33 Å². The van der Waals surface area contributed by atoms with Crippen molar-refractivity contribution in [1.82, 2.24) is 0 Å². The Labute approximate surface area is 177 Å². The molecule has 1 atom stereocenters. The van der Waals surface area contributed by atoms with Gasteiger partial charge in [-0.15, -0.1) is 0 Å². The third kappa shape index (κ3) is 3.39. The monoisotopic (exact) mass is 550 g/mol. The first-order chi connectivity index (χ1) is 11.6. The first-order valence-corrected chi connectivity index (χ1v) is 14.5. The molecule has 2 aromatic rings. The van der Waals surface area contributed by atoms with E-state index in [-0.39, 0.29) is 24.8 Å². The van der Waals surface area contributed by atoms with E-state index in [1.165, 1.54) is 11.1 Å². The van der Waals surface area contributed by atoms with Crippen LogP contribution in [0.15, 0.2) is 69.6 Å². The Morgan fingerprint density at radius 3 is 1.77 bits per heavy atom. The Balaban J connectivity index is 0.00000121. The molecule has 26 heavy (non-hydrogen) atoms. The summed E-state index contributed by atoms with van der Waals surface area (Å²) in [6.07, 6.45) is 4.77. The van der Waals surface area contributed by atoms with Crippen LogP contribution in [0.3, 0.4) is 0 Å². The predicted octanol–water partition coefficient (Wildman–Crippen LogP) is 0.0747. The normalized spacial score (nSPS) is 17.0. The Kier molecular flexibility index (Phi) is 7.04. The first kappa shape index (κ1) is 21.5. The third-order valence-electron chi connectivity index (χ3n) is 5.47. The summed E-state index contributed by atoms with van der Waals surface area (Å²) in [5.74, 6) is 0.627. The van der Waals surface area contributed by atoms with Crippen LogP contribution in [0.2, 0.25) is 0 Å². The Morgan fingerprint density at radius 1 is 0.846 bits per heavy atom. The SMILES string of the molecule is CC1=[C]([Hf+2](=[C](C)C)[CH]2c3ccccc3-c3ccccc32)C(C)C=C1.[Cl-].[Cl-]. The summed E-state index contributed by atoms with van der Waals surface area (Å²) in [4.78, 5) is 0. The van der Waals surface area contributed by atoms with E-state index in [0.29, 0.717) is 9.59 Å². The number of allylic oxidation sites excluding steroid dienone is 4. The molecular weight excluding hydrogens is 526 g/mol. The van der Waals surface area contributed by atoms with Crippen molar-refractivity contribution in [3.8, 4) is 11.1 Å². The van der Waals surface area contributed by atoms with Crippen LogP contribution in [0.1, 0.15) is 42.5 Å². The van der Waals surface area contributed by atoms with Crippen molar-refractivity contribution in [1.29, 1.82) is 0 Å². The van der Waals surface area contributed by atoms with Crippen LogP contribution < -0.4 is 24.8 Å².